The van der Waals surface area contributed by atoms with Crippen molar-refractivity contribution in [1.82, 2.24) is 15.0 Å². The van der Waals surface area contributed by atoms with Crippen LogP contribution in [-0.4, -0.2) is 50.7 Å². The zero-order valence-electron chi connectivity index (χ0n) is 16.1. The molecule has 31 heavy (non-hydrogen) atoms. The van der Waals surface area contributed by atoms with Crippen LogP contribution in [0.4, 0.5) is 20.3 Å². The highest BCUT2D eigenvalue weighted by Crippen LogP contribution is 2.30. The van der Waals surface area contributed by atoms with Gasteiger partial charge in [-0.15, -0.1) is 8.78 Å². The summed E-state index contributed by atoms with van der Waals surface area (Å²) in [6.45, 7) is 1.09. The summed E-state index contributed by atoms with van der Waals surface area (Å²) in [7, 11) is 0. The molecule has 1 amide bonds. The second-order valence-corrected chi connectivity index (χ2v) is 7.39. The summed E-state index contributed by atoms with van der Waals surface area (Å²) in [5, 5.41) is 12.5. The topological polar surface area (TPSA) is 103 Å². The molecule has 0 unspecified atom stereocenters. The zero-order chi connectivity index (χ0) is 22.0. The van der Waals surface area contributed by atoms with Crippen molar-refractivity contribution in [3.63, 3.8) is 0 Å². The number of aromatic nitrogens is 3. The van der Waals surface area contributed by atoms with Gasteiger partial charge in [0.05, 0.1) is 17.2 Å². The first-order valence-corrected chi connectivity index (χ1v) is 9.76. The molecule has 1 aliphatic rings. The van der Waals surface area contributed by atoms with Gasteiger partial charge in [-0.1, -0.05) is 0 Å². The standard InChI is InChI=1S/C20H18ClF2N5O3/c21-20(22,23)31-15-3-1-13(2-4-15)27-19(30)12-9-16(17-24-6-7-25-17)18(26-10-12)28-8-5-14(29)11-28/h1-4,6-7,9-10,14,29H,5,8,11H2,(H,24,25)(H,27,30)/t14-/m1/s1. The van der Waals surface area contributed by atoms with E-state index in [1.807, 2.05) is 4.90 Å². The van der Waals surface area contributed by atoms with E-state index >= 15 is 0 Å². The Bertz CT molecular complexity index is 1060. The van der Waals surface area contributed by atoms with Crippen LogP contribution < -0.4 is 15.0 Å². The summed E-state index contributed by atoms with van der Waals surface area (Å²) in [5.74, 6) is 0.579. The van der Waals surface area contributed by atoms with Crippen LogP contribution in [0.3, 0.4) is 0 Å². The molecule has 1 atom stereocenters. The van der Waals surface area contributed by atoms with Crippen molar-refractivity contribution >= 4 is 29.0 Å². The summed E-state index contributed by atoms with van der Waals surface area (Å²) in [6, 6.07) is 7.01. The molecule has 0 aliphatic carbocycles. The average Bonchev–Trinajstić information content (AvgIpc) is 3.40. The number of alkyl halides is 3. The predicted octanol–water partition coefficient (Wildman–Crippen LogP) is 3.46. The van der Waals surface area contributed by atoms with Crippen molar-refractivity contribution in [2.75, 3.05) is 23.3 Å². The Balaban J connectivity index is 1.55. The van der Waals surface area contributed by atoms with E-state index in [1.165, 1.54) is 30.5 Å². The maximum Gasteiger partial charge on any atom is 0.487 e. The summed E-state index contributed by atoms with van der Waals surface area (Å²) < 4.78 is 29.7. The molecule has 11 heteroatoms. The molecule has 2 aromatic heterocycles. The first kappa shape index (κ1) is 21.0. The number of carbonyl (C=O) groups is 1. The molecule has 0 bridgehead atoms. The lowest BCUT2D eigenvalue weighted by Gasteiger charge is -2.20. The maximum absolute atomic E-state index is 12.7. The minimum atomic E-state index is -3.81. The monoisotopic (exact) mass is 449 g/mol. The first-order chi connectivity index (χ1) is 14.8. The number of H-pyrrole nitrogens is 1. The second kappa shape index (κ2) is 8.48. The number of aromatic amines is 1. The van der Waals surface area contributed by atoms with Crippen LogP contribution in [0.1, 0.15) is 16.8 Å². The van der Waals surface area contributed by atoms with Crippen LogP contribution in [0.2, 0.25) is 0 Å². The van der Waals surface area contributed by atoms with Crippen molar-refractivity contribution in [2.45, 2.75) is 18.1 Å². The van der Waals surface area contributed by atoms with Crippen molar-refractivity contribution < 1.29 is 23.4 Å². The number of nitrogens with one attached hydrogen (secondary N) is 2. The summed E-state index contributed by atoms with van der Waals surface area (Å²) in [4.78, 5) is 26.4. The first-order valence-electron chi connectivity index (χ1n) is 9.38. The van der Waals surface area contributed by atoms with E-state index in [-0.39, 0.29) is 11.3 Å². The van der Waals surface area contributed by atoms with Crippen molar-refractivity contribution in [1.29, 1.82) is 0 Å². The minimum Gasteiger partial charge on any atom is -0.420 e. The molecule has 8 nitrogen and oxygen atoms in total. The highest BCUT2D eigenvalue weighted by atomic mass is 35.5. The van der Waals surface area contributed by atoms with E-state index in [0.717, 1.165) is 0 Å². The van der Waals surface area contributed by atoms with Crippen LogP contribution in [0, 0.1) is 0 Å². The Morgan fingerprint density at radius 3 is 2.71 bits per heavy atom. The molecule has 3 heterocycles. The molecule has 0 radical (unpaired) electrons. The fourth-order valence-electron chi connectivity index (χ4n) is 3.30. The van der Waals surface area contributed by atoms with Gasteiger partial charge in [-0.3, -0.25) is 4.79 Å². The van der Waals surface area contributed by atoms with Gasteiger partial charge in [0.15, 0.2) is 0 Å². The third-order valence-electron chi connectivity index (χ3n) is 4.69. The second-order valence-electron chi connectivity index (χ2n) is 6.95. The number of rotatable bonds is 6. The van der Waals surface area contributed by atoms with Gasteiger partial charge in [0.1, 0.15) is 17.4 Å². The van der Waals surface area contributed by atoms with Crippen LogP contribution in [-0.2, 0) is 0 Å². The van der Waals surface area contributed by atoms with Gasteiger partial charge in [-0.25, -0.2) is 9.97 Å². The predicted molar refractivity (Wildman–Crippen MR) is 110 cm³/mol. The van der Waals surface area contributed by atoms with E-state index < -0.39 is 17.6 Å². The fourth-order valence-corrected chi connectivity index (χ4v) is 3.39. The van der Waals surface area contributed by atoms with Crippen LogP contribution >= 0.6 is 11.6 Å². The zero-order valence-corrected chi connectivity index (χ0v) is 16.8. The lowest BCUT2D eigenvalue weighted by Crippen LogP contribution is -2.23. The van der Waals surface area contributed by atoms with E-state index in [4.69, 9.17) is 11.6 Å². The Labute approximate surface area is 180 Å². The molecule has 162 valence electrons. The summed E-state index contributed by atoms with van der Waals surface area (Å²) in [6.07, 6.45) is 4.90. The third kappa shape index (κ3) is 5.09. The number of pyridine rings is 1. The highest BCUT2D eigenvalue weighted by molar-refractivity contribution is 6.20. The number of anilines is 2. The largest absolute Gasteiger partial charge is 0.487 e. The normalized spacial score (nSPS) is 16.4. The van der Waals surface area contributed by atoms with Gasteiger partial charge in [-0.05, 0) is 36.8 Å². The Morgan fingerprint density at radius 1 is 1.32 bits per heavy atom. The molecule has 1 aliphatic heterocycles. The summed E-state index contributed by atoms with van der Waals surface area (Å²) in [5.41, 5.74) is -2.53. The summed E-state index contributed by atoms with van der Waals surface area (Å²) >= 11 is 4.74. The Kier molecular flexibility index (Phi) is 5.75. The van der Waals surface area contributed by atoms with Gasteiger partial charge in [0.25, 0.3) is 5.91 Å². The number of imidazole rings is 1. The Hall–Kier alpha value is -3.24. The fraction of sp³-hybridized carbons (Fsp3) is 0.250. The smallest absolute Gasteiger partial charge is 0.420 e. The number of benzene rings is 1. The van der Waals surface area contributed by atoms with Crippen molar-refractivity contribution in [3.05, 3.63) is 54.5 Å². The van der Waals surface area contributed by atoms with Crippen LogP contribution in [0.15, 0.2) is 48.9 Å². The Morgan fingerprint density at radius 2 is 2.10 bits per heavy atom. The van der Waals surface area contributed by atoms with Gasteiger partial charge < -0.3 is 25.0 Å². The molecular formula is C20H18ClF2N5O3. The molecule has 3 aromatic rings. The molecule has 1 saturated heterocycles. The molecule has 1 aromatic carbocycles. The lowest BCUT2D eigenvalue weighted by molar-refractivity contribution is -0.0964. The van der Waals surface area contributed by atoms with E-state index in [9.17, 15) is 18.7 Å². The van der Waals surface area contributed by atoms with Gasteiger partial charge in [-0.2, -0.15) is 0 Å². The average molecular weight is 450 g/mol. The number of ether oxygens (including phenoxy) is 1. The van der Waals surface area contributed by atoms with Gasteiger partial charge >= 0.3 is 5.57 Å². The van der Waals surface area contributed by atoms with Crippen LogP contribution in [0.5, 0.6) is 5.75 Å². The SMILES string of the molecule is O=C(Nc1ccc(OC(F)(F)Cl)cc1)c1cnc(N2CC[C@@H](O)C2)c(-c2ncc[nH]2)c1. The molecule has 3 N–H and O–H groups in total. The molecular weight excluding hydrogens is 432 g/mol. The molecule has 1 fully saturated rings. The van der Waals surface area contributed by atoms with Gasteiger partial charge in [0.2, 0.25) is 0 Å². The minimum absolute atomic E-state index is 0.142. The van der Waals surface area contributed by atoms with Crippen molar-refractivity contribution in [3.8, 4) is 17.1 Å². The number of aliphatic hydroxyl groups is 1. The van der Waals surface area contributed by atoms with E-state index in [1.54, 1.807) is 18.5 Å². The van der Waals surface area contributed by atoms with Gasteiger partial charge in [0, 0.05) is 49.0 Å². The number of amides is 1. The third-order valence-corrected chi connectivity index (χ3v) is 4.77. The molecule has 0 spiro atoms. The molecule has 4 rings (SSSR count). The quantitative estimate of drug-likeness (QED) is 0.498. The van der Waals surface area contributed by atoms with Crippen molar-refractivity contribution in [2.24, 2.45) is 0 Å². The van der Waals surface area contributed by atoms with E-state index in [0.29, 0.717) is 42.4 Å². The lowest BCUT2D eigenvalue weighted by atomic mass is 10.1. The number of halogens is 3. The number of hydrogen-bond acceptors (Lipinski definition) is 6. The van der Waals surface area contributed by atoms with E-state index in [2.05, 4.69) is 25.0 Å². The highest BCUT2D eigenvalue weighted by Gasteiger charge is 2.28. The number of aliphatic hydroxyl groups excluding tert-OH is 1. The molecule has 0 saturated carbocycles. The number of β-amino-alcohol motifs (C(OH)–C–C–N with tert-alkyl or cyclic N) is 1. The van der Waals surface area contributed by atoms with Crippen LogP contribution in [0.25, 0.3) is 11.4 Å². The number of hydrogen-bond donors (Lipinski definition) is 3. The number of carbonyl (C=O) groups excluding carboxylic acids is 1. The number of nitrogens with zero attached hydrogens (tertiary/aromatic N) is 3. The maximum atomic E-state index is 12.7.